The topological polar surface area (TPSA) is 87.7 Å². The third kappa shape index (κ3) is 4.12. The summed E-state index contributed by atoms with van der Waals surface area (Å²) in [6.07, 6.45) is 4.41. The smallest absolute Gasteiger partial charge is 0.257 e. The second kappa shape index (κ2) is 8.06. The number of carbonyl (C=O) groups excluding carboxylic acids is 1. The summed E-state index contributed by atoms with van der Waals surface area (Å²) in [5, 5.41) is 4.49. The molecule has 140 valence electrons. The summed E-state index contributed by atoms with van der Waals surface area (Å²) in [6, 6.07) is 9.14. The molecule has 1 saturated carbocycles. The van der Waals surface area contributed by atoms with E-state index >= 15 is 0 Å². The molecule has 2 N–H and O–H groups in total. The van der Waals surface area contributed by atoms with Gasteiger partial charge in [-0.05, 0) is 25.0 Å². The SMILES string of the molecule is Cl.O=C1CCC(Nc2ncc3cc(-c4ccccc4Cl)c(=O)[nH]c3n2)CC1. The van der Waals surface area contributed by atoms with Gasteiger partial charge in [0, 0.05) is 46.6 Å². The highest BCUT2D eigenvalue weighted by molar-refractivity contribution is 6.33. The van der Waals surface area contributed by atoms with E-state index in [1.165, 1.54) is 0 Å². The summed E-state index contributed by atoms with van der Waals surface area (Å²) >= 11 is 6.21. The van der Waals surface area contributed by atoms with Crippen molar-refractivity contribution in [2.75, 3.05) is 5.32 Å². The highest BCUT2D eigenvalue weighted by Crippen LogP contribution is 2.26. The highest BCUT2D eigenvalue weighted by Gasteiger charge is 2.19. The number of anilines is 1. The van der Waals surface area contributed by atoms with E-state index in [2.05, 4.69) is 20.3 Å². The Balaban J connectivity index is 0.00000210. The Bertz CT molecular complexity index is 1040. The molecule has 2 aromatic heterocycles. The van der Waals surface area contributed by atoms with Crippen LogP contribution >= 0.6 is 24.0 Å². The van der Waals surface area contributed by atoms with Crippen LogP contribution in [-0.2, 0) is 4.79 Å². The quantitative estimate of drug-likeness (QED) is 0.688. The van der Waals surface area contributed by atoms with Crippen LogP contribution in [0.15, 0.2) is 41.3 Å². The number of rotatable bonds is 3. The minimum Gasteiger partial charge on any atom is -0.351 e. The molecule has 3 aromatic rings. The van der Waals surface area contributed by atoms with Crippen LogP contribution in [0.25, 0.3) is 22.2 Å². The van der Waals surface area contributed by atoms with Gasteiger partial charge in [0.05, 0.1) is 0 Å². The van der Waals surface area contributed by atoms with Crippen molar-refractivity contribution in [1.29, 1.82) is 0 Å². The Morgan fingerprint density at radius 1 is 1.11 bits per heavy atom. The van der Waals surface area contributed by atoms with Gasteiger partial charge in [0.15, 0.2) is 0 Å². The summed E-state index contributed by atoms with van der Waals surface area (Å²) in [5.41, 5.74) is 1.37. The van der Waals surface area contributed by atoms with E-state index in [-0.39, 0.29) is 24.0 Å². The van der Waals surface area contributed by atoms with Gasteiger partial charge in [0.25, 0.3) is 5.56 Å². The zero-order valence-electron chi connectivity index (χ0n) is 14.4. The van der Waals surface area contributed by atoms with Gasteiger partial charge in [0.2, 0.25) is 5.95 Å². The zero-order valence-corrected chi connectivity index (χ0v) is 15.9. The third-order valence-electron chi connectivity index (χ3n) is 4.63. The van der Waals surface area contributed by atoms with Gasteiger partial charge in [0.1, 0.15) is 11.4 Å². The lowest BCUT2D eigenvalue weighted by molar-refractivity contribution is -0.120. The molecule has 8 heteroatoms. The Morgan fingerprint density at radius 3 is 2.59 bits per heavy atom. The van der Waals surface area contributed by atoms with Crippen molar-refractivity contribution >= 4 is 46.8 Å². The van der Waals surface area contributed by atoms with Crippen molar-refractivity contribution < 1.29 is 4.79 Å². The first-order valence-electron chi connectivity index (χ1n) is 8.53. The standard InChI is InChI=1S/C19H17ClN4O2.ClH/c20-16-4-2-1-3-14(16)15-9-11-10-21-19(24-17(11)23-18(15)26)22-12-5-7-13(25)8-6-12;/h1-4,9-10,12H,5-8H2,(H2,21,22,23,24,26);1H. The second-order valence-corrected chi connectivity index (χ2v) is 6.85. The van der Waals surface area contributed by atoms with Crippen molar-refractivity contribution in [3.8, 4) is 11.1 Å². The number of carbonyl (C=O) groups is 1. The first-order chi connectivity index (χ1) is 12.6. The predicted octanol–water partition coefficient (Wildman–Crippen LogP) is 3.98. The molecule has 0 aliphatic heterocycles. The van der Waals surface area contributed by atoms with Crippen LogP contribution in [0.5, 0.6) is 0 Å². The first-order valence-corrected chi connectivity index (χ1v) is 8.91. The fourth-order valence-corrected chi connectivity index (χ4v) is 3.45. The predicted molar refractivity (Wildman–Crippen MR) is 109 cm³/mol. The number of nitrogens with zero attached hydrogens (tertiary/aromatic N) is 2. The monoisotopic (exact) mass is 404 g/mol. The minimum atomic E-state index is -0.251. The first kappa shape index (κ1) is 19.3. The molecule has 2 heterocycles. The van der Waals surface area contributed by atoms with Gasteiger partial charge >= 0.3 is 0 Å². The summed E-state index contributed by atoms with van der Waals surface area (Å²) in [5.74, 6) is 0.761. The van der Waals surface area contributed by atoms with E-state index in [1.807, 2.05) is 12.1 Å². The number of hydrogen-bond donors (Lipinski definition) is 2. The van der Waals surface area contributed by atoms with Crippen LogP contribution in [0, 0.1) is 0 Å². The van der Waals surface area contributed by atoms with Crippen molar-refractivity contribution in [2.24, 2.45) is 0 Å². The van der Waals surface area contributed by atoms with Gasteiger partial charge < -0.3 is 10.3 Å². The van der Waals surface area contributed by atoms with Gasteiger partial charge in [-0.2, -0.15) is 4.98 Å². The molecular weight excluding hydrogens is 387 g/mol. The molecule has 1 fully saturated rings. The largest absolute Gasteiger partial charge is 0.351 e. The highest BCUT2D eigenvalue weighted by atomic mass is 35.5. The lowest BCUT2D eigenvalue weighted by atomic mass is 9.94. The molecule has 1 aliphatic carbocycles. The van der Waals surface area contributed by atoms with Gasteiger partial charge in [-0.1, -0.05) is 29.8 Å². The van der Waals surface area contributed by atoms with E-state index in [4.69, 9.17) is 11.6 Å². The van der Waals surface area contributed by atoms with E-state index < -0.39 is 0 Å². The molecule has 0 unspecified atom stereocenters. The van der Waals surface area contributed by atoms with Gasteiger partial charge in [-0.15, -0.1) is 12.4 Å². The molecule has 0 saturated heterocycles. The fraction of sp³-hybridized carbons (Fsp3) is 0.263. The molecule has 0 amide bonds. The number of fused-ring (bicyclic) bond motifs is 1. The fourth-order valence-electron chi connectivity index (χ4n) is 3.21. The summed E-state index contributed by atoms with van der Waals surface area (Å²) in [4.78, 5) is 35.4. The summed E-state index contributed by atoms with van der Waals surface area (Å²) < 4.78 is 0. The third-order valence-corrected chi connectivity index (χ3v) is 4.96. The van der Waals surface area contributed by atoms with Crippen LogP contribution in [0.4, 0.5) is 5.95 Å². The Kier molecular flexibility index (Phi) is 5.77. The number of H-pyrrole nitrogens is 1. The molecule has 1 aromatic carbocycles. The number of Topliss-reactive ketones (excluding diaryl/α,β-unsaturated/α-hetero) is 1. The average Bonchev–Trinajstić information content (AvgIpc) is 2.64. The Hall–Kier alpha value is -2.44. The van der Waals surface area contributed by atoms with Crippen LogP contribution in [0.1, 0.15) is 25.7 Å². The molecule has 0 radical (unpaired) electrons. The van der Waals surface area contributed by atoms with Crippen molar-refractivity contribution in [1.82, 2.24) is 15.0 Å². The average molecular weight is 405 g/mol. The van der Waals surface area contributed by atoms with Crippen molar-refractivity contribution in [2.45, 2.75) is 31.7 Å². The lowest BCUT2D eigenvalue weighted by Gasteiger charge is -2.22. The Morgan fingerprint density at radius 2 is 1.85 bits per heavy atom. The second-order valence-electron chi connectivity index (χ2n) is 6.45. The lowest BCUT2D eigenvalue weighted by Crippen LogP contribution is -2.27. The maximum absolute atomic E-state index is 12.5. The van der Waals surface area contributed by atoms with E-state index in [9.17, 15) is 9.59 Å². The maximum atomic E-state index is 12.5. The molecule has 1 aliphatic rings. The van der Waals surface area contributed by atoms with E-state index in [0.29, 0.717) is 46.4 Å². The summed E-state index contributed by atoms with van der Waals surface area (Å²) in [7, 11) is 0. The molecule has 27 heavy (non-hydrogen) atoms. The van der Waals surface area contributed by atoms with Crippen LogP contribution < -0.4 is 10.9 Å². The van der Waals surface area contributed by atoms with Crippen LogP contribution in [0.3, 0.4) is 0 Å². The number of aromatic nitrogens is 3. The molecule has 0 bridgehead atoms. The number of nitrogens with one attached hydrogen (secondary N) is 2. The zero-order chi connectivity index (χ0) is 18.1. The van der Waals surface area contributed by atoms with Gasteiger partial charge in [-0.25, -0.2) is 4.98 Å². The van der Waals surface area contributed by atoms with Crippen LogP contribution in [0.2, 0.25) is 5.02 Å². The normalized spacial score (nSPS) is 14.8. The van der Waals surface area contributed by atoms with Crippen molar-refractivity contribution in [3.63, 3.8) is 0 Å². The molecule has 0 atom stereocenters. The van der Waals surface area contributed by atoms with Crippen LogP contribution in [-0.4, -0.2) is 26.8 Å². The molecule has 4 rings (SSSR count). The number of aromatic amines is 1. The number of ketones is 1. The maximum Gasteiger partial charge on any atom is 0.257 e. The van der Waals surface area contributed by atoms with E-state index in [0.717, 1.165) is 18.2 Å². The summed E-state index contributed by atoms with van der Waals surface area (Å²) in [6.45, 7) is 0. The molecule has 6 nitrogen and oxygen atoms in total. The van der Waals surface area contributed by atoms with E-state index in [1.54, 1.807) is 24.4 Å². The molecule has 0 spiro atoms. The van der Waals surface area contributed by atoms with Gasteiger partial charge in [-0.3, -0.25) is 9.59 Å². The minimum absolute atomic E-state index is 0. The number of halogens is 2. The number of pyridine rings is 1. The van der Waals surface area contributed by atoms with Crippen molar-refractivity contribution in [3.05, 3.63) is 51.9 Å². The number of hydrogen-bond acceptors (Lipinski definition) is 5. The number of benzene rings is 1. The Labute approximate surface area is 166 Å². The molecular formula is C19H18Cl2N4O2.